The van der Waals surface area contributed by atoms with Crippen LogP contribution in [-0.2, 0) is 25.5 Å². The van der Waals surface area contributed by atoms with Crippen molar-refractivity contribution in [1.82, 2.24) is 9.80 Å². The van der Waals surface area contributed by atoms with Crippen molar-refractivity contribution in [3.8, 4) is 17.2 Å². The smallest absolute Gasteiger partial charge is 0.329 e. The van der Waals surface area contributed by atoms with Gasteiger partial charge in [-0.1, -0.05) is 51.3 Å². The molecule has 1 amide bonds. The lowest BCUT2D eigenvalue weighted by atomic mass is 9.75. The summed E-state index contributed by atoms with van der Waals surface area (Å²) in [4.78, 5) is 32.9. The summed E-state index contributed by atoms with van der Waals surface area (Å²) < 4.78 is 29.1. The Hall–Kier alpha value is -3.34. The van der Waals surface area contributed by atoms with Crippen LogP contribution < -0.4 is 14.2 Å². The van der Waals surface area contributed by atoms with Gasteiger partial charge < -0.3 is 33.7 Å². The minimum atomic E-state index is -0.727. The number of aliphatic hydroxyl groups excluding tert-OH is 1. The van der Waals surface area contributed by atoms with Crippen molar-refractivity contribution < 1.29 is 38.4 Å². The van der Waals surface area contributed by atoms with E-state index in [9.17, 15) is 14.7 Å². The van der Waals surface area contributed by atoms with Crippen molar-refractivity contribution in [1.29, 1.82) is 0 Å². The molecule has 0 spiro atoms. The zero-order valence-corrected chi connectivity index (χ0v) is 31.9. The van der Waals surface area contributed by atoms with Crippen LogP contribution in [0.3, 0.4) is 0 Å². The van der Waals surface area contributed by atoms with Crippen LogP contribution in [0.1, 0.15) is 95.3 Å². The summed E-state index contributed by atoms with van der Waals surface area (Å²) in [6, 6.07) is 13.0. The topological polar surface area (TPSA) is 107 Å². The lowest BCUT2D eigenvalue weighted by Gasteiger charge is -2.41. The fourth-order valence-electron chi connectivity index (χ4n) is 8.20. The molecule has 288 valence electrons. The third-order valence-electron chi connectivity index (χ3n) is 11.0. The van der Waals surface area contributed by atoms with Crippen molar-refractivity contribution in [2.45, 2.75) is 103 Å². The number of esters is 1. The van der Waals surface area contributed by atoms with Crippen LogP contribution in [0.2, 0.25) is 0 Å². The molecule has 5 rings (SSSR count). The van der Waals surface area contributed by atoms with E-state index in [1.165, 1.54) is 6.42 Å². The summed E-state index contributed by atoms with van der Waals surface area (Å²) >= 11 is 0. The first kappa shape index (κ1) is 39.9. The van der Waals surface area contributed by atoms with Gasteiger partial charge in [0.2, 0.25) is 5.91 Å². The Kier molecular flexibility index (Phi) is 15.5. The number of ether oxygens (including phenoxy) is 5. The predicted octanol–water partition coefficient (Wildman–Crippen LogP) is 6.62. The minimum Gasteiger partial charge on any atom is -0.493 e. The first-order valence-corrected chi connectivity index (χ1v) is 19.7. The highest BCUT2D eigenvalue weighted by atomic mass is 16.5. The molecule has 2 aromatic carbocycles. The Bertz CT molecular complexity index is 1410. The number of methoxy groups -OCH3 is 2. The quantitative estimate of drug-likeness (QED) is 0.181. The van der Waals surface area contributed by atoms with Crippen LogP contribution in [0.4, 0.5) is 0 Å². The van der Waals surface area contributed by atoms with E-state index < -0.39 is 24.2 Å². The Morgan fingerprint density at radius 1 is 0.904 bits per heavy atom. The number of nitrogens with zero attached hydrogens (tertiary/aromatic N) is 2. The number of hydrogen-bond acceptors (Lipinski definition) is 9. The van der Waals surface area contributed by atoms with E-state index in [1.807, 2.05) is 42.5 Å². The lowest BCUT2D eigenvalue weighted by molar-refractivity contribution is -0.165. The summed E-state index contributed by atoms with van der Waals surface area (Å²) in [6.07, 6.45) is 7.85. The standard InChI is InChI=1S/C42H62N2O8/c1-30(2)27-36(45)40(32-11-6-5-7-12-32)41(46)44-20-9-8-15-35(44)42(47)52-37(18-16-31-17-19-38(48-3)39(28-31)49-4)33-13-10-14-34(29-33)51-26-23-43-21-24-50-25-22-43/h10,13-14,17,19,28-30,32,35-37,40,45H,5-9,11-12,15-16,18,20-27H2,1-4H3/t35-,36+,37?,40-/m0/s1. The molecule has 0 aromatic heterocycles. The number of amides is 1. The number of likely N-dealkylation sites (tertiary alicyclic amines) is 1. The zero-order chi connectivity index (χ0) is 36.9. The van der Waals surface area contributed by atoms with Crippen LogP contribution in [-0.4, -0.2) is 99.1 Å². The Morgan fingerprint density at radius 3 is 2.38 bits per heavy atom. The Morgan fingerprint density at radius 2 is 1.65 bits per heavy atom. The number of benzene rings is 2. The second-order valence-corrected chi connectivity index (χ2v) is 15.2. The van der Waals surface area contributed by atoms with Crippen molar-refractivity contribution in [3.05, 3.63) is 53.6 Å². The lowest BCUT2D eigenvalue weighted by Crippen LogP contribution is -2.54. The van der Waals surface area contributed by atoms with Gasteiger partial charge in [0, 0.05) is 26.2 Å². The van der Waals surface area contributed by atoms with Crippen LogP contribution in [0.15, 0.2) is 42.5 Å². The Balaban J connectivity index is 1.35. The summed E-state index contributed by atoms with van der Waals surface area (Å²) in [6.45, 7) is 9.30. The first-order chi connectivity index (χ1) is 25.3. The molecule has 1 unspecified atom stereocenters. The third-order valence-corrected chi connectivity index (χ3v) is 11.0. The van der Waals surface area contributed by atoms with Gasteiger partial charge in [-0.05, 0) is 98.6 Å². The van der Waals surface area contributed by atoms with Gasteiger partial charge in [-0.2, -0.15) is 0 Å². The average Bonchev–Trinajstić information content (AvgIpc) is 3.17. The number of rotatable bonds is 17. The van der Waals surface area contributed by atoms with Crippen molar-refractivity contribution in [2.24, 2.45) is 17.8 Å². The second-order valence-electron chi connectivity index (χ2n) is 15.2. The SMILES string of the molecule is COc1ccc(CCC(OC(=O)[C@@H]2CCCCN2C(=O)[C@@H](C2CCCCC2)[C@H](O)CC(C)C)c2cccc(OCCN3CCOCC3)c2)cc1OC. The second kappa shape index (κ2) is 20.2. The molecule has 2 aliphatic heterocycles. The number of morpholine rings is 1. The van der Waals surface area contributed by atoms with Gasteiger partial charge in [0.15, 0.2) is 11.5 Å². The third kappa shape index (κ3) is 11.1. The van der Waals surface area contributed by atoms with Crippen molar-refractivity contribution in [3.63, 3.8) is 0 Å². The number of hydrogen-bond donors (Lipinski definition) is 1. The molecular weight excluding hydrogens is 660 g/mol. The van der Waals surface area contributed by atoms with E-state index in [0.29, 0.717) is 50.3 Å². The van der Waals surface area contributed by atoms with Gasteiger partial charge in [0.1, 0.15) is 24.5 Å². The van der Waals surface area contributed by atoms with Crippen molar-refractivity contribution >= 4 is 11.9 Å². The summed E-state index contributed by atoms with van der Waals surface area (Å²) in [7, 11) is 3.24. The van der Waals surface area contributed by atoms with E-state index in [-0.39, 0.29) is 23.7 Å². The Labute approximate surface area is 311 Å². The number of carbonyl (C=O) groups excluding carboxylic acids is 2. The molecule has 2 saturated heterocycles. The number of carbonyl (C=O) groups is 2. The minimum absolute atomic E-state index is 0.0840. The maximum Gasteiger partial charge on any atom is 0.329 e. The molecule has 2 aromatic rings. The maximum absolute atomic E-state index is 14.5. The van der Waals surface area contributed by atoms with Crippen LogP contribution in [0.25, 0.3) is 0 Å². The van der Waals surface area contributed by atoms with Gasteiger partial charge in [-0.25, -0.2) is 4.79 Å². The molecular formula is C42H62N2O8. The largest absolute Gasteiger partial charge is 0.493 e. The summed E-state index contributed by atoms with van der Waals surface area (Å²) in [5.74, 6) is 1.46. The molecule has 3 fully saturated rings. The molecule has 1 aliphatic carbocycles. The normalized spacial score (nSPS) is 20.6. The van der Waals surface area contributed by atoms with E-state index in [4.69, 9.17) is 23.7 Å². The molecule has 0 bridgehead atoms. The fraction of sp³-hybridized carbons (Fsp3) is 0.667. The number of piperidine rings is 1. The number of aryl methyl sites for hydroxylation is 1. The van der Waals surface area contributed by atoms with E-state index in [0.717, 1.165) is 88.2 Å². The molecule has 0 radical (unpaired) electrons. The van der Waals surface area contributed by atoms with Crippen LogP contribution in [0.5, 0.6) is 17.2 Å². The molecule has 2 heterocycles. The maximum atomic E-state index is 14.5. The highest BCUT2D eigenvalue weighted by Crippen LogP contribution is 2.37. The first-order valence-electron chi connectivity index (χ1n) is 19.7. The van der Waals surface area contributed by atoms with Crippen molar-refractivity contribution in [2.75, 3.05) is 60.2 Å². The average molecular weight is 723 g/mol. The van der Waals surface area contributed by atoms with Gasteiger partial charge in [-0.15, -0.1) is 0 Å². The van der Waals surface area contributed by atoms with Gasteiger partial charge in [0.05, 0.1) is 39.5 Å². The zero-order valence-electron chi connectivity index (χ0n) is 31.9. The molecule has 10 nitrogen and oxygen atoms in total. The van der Waals surface area contributed by atoms with Crippen LogP contribution in [0, 0.1) is 17.8 Å². The highest BCUT2D eigenvalue weighted by Gasteiger charge is 2.43. The number of aliphatic hydroxyl groups is 1. The highest BCUT2D eigenvalue weighted by molar-refractivity contribution is 5.86. The molecule has 4 atom stereocenters. The molecule has 1 saturated carbocycles. The van der Waals surface area contributed by atoms with Gasteiger partial charge >= 0.3 is 5.97 Å². The molecule has 10 heteroatoms. The summed E-state index contributed by atoms with van der Waals surface area (Å²) in [5, 5.41) is 11.5. The van der Waals surface area contributed by atoms with E-state index in [2.05, 4.69) is 18.7 Å². The molecule has 52 heavy (non-hydrogen) atoms. The molecule has 1 N–H and O–H groups in total. The van der Waals surface area contributed by atoms with E-state index in [1.54, 1.807) is 19.1 Å². The van der Waals surface area contributed by atoms with Gasteiger partial charge in [-0.3, -0.25) is 9.69 Å². The van der Waals surface area contributed by atoms with Gasteiger partial charge in [0.25, 0.3) is 0 Å². The van der Waals surface area contributed by atoms with Crippen LogP contribution >= 0.6 is 0 Å². The molecule has 3 aliphatic rings. The fourth-order valence-corrected chi connectivity index (χ4v) is 8.20. The predicted molar refractivity (Wildman–Crippen MR) is 201 cm³/mol. The van der Waals surface area contributed by atoms with E-state index >= 15 is 0 Å². The summed E-state index contributed by atoms with van der Waals surface area (Å²) in [5.41, 5.74) is 1.87. The monoisotopic (exact) mass is 722 g/mol.